The summed E-state index contributed by atoms with van der Waals surface area (Å²) >= 11 is 5.49. The average molecular weight is 331 g/mol. The predicted molar refractivity (Wildman–Crippen MR) is 84.0 cm³/mol. The summed E-state index contributed by atoms with van der Waals surface area (Å²) in [5, 5.41) is 0. The Balaban J connectivity index is 1.92. The van der Waals surface area contributed by atoms with E-state index >= 15 is 0 Å². The van der Waals surface area contributed by atoms with Crippen LogP contribution in [0.3, 0.4) is 0 Å². The zero-order valence-corrected chi connectivity index (χ0v) is 13.3. The Morgan fingerprint density at radius 1 is 1.24 bits per heavy atom. The number of carbonyl (C=O) groups is 1. The van der Waals surface area contributed by atoms with Crippen LogP contribution in [0.4, 0.5) is 5.69 Å². The molecule has 1 fully saturated rings. The Bertz CT molecular complexity index is 587. The summed E-state index contributed by atoms with van der Waals surface area (Å²) in [5.74, 6) is 0.514. The molecule has 1 saturated heterocycles. The summed E-state index contributed by atoms with van der Waals surface area (Å²) in [4.78, 5) is 13.4. The van der Waals surface area contributed by atoms with Gasteiger partial charge in [-0.2, -0.15) is 0 Å². The molecule has 116 valence electrons. The molecule has 21 heavy (non-hydrogen) atoms. The number of sulfonamides is 1. The van der Waals surface area contributed by atoms with Crippen molar-refractivity contribution in [1.82, 2.24) is 4.72 Å². The lowest BCUT2D eigenvalue weighted by atomic mass is 10.2. The van der Waals surface area contributed by atoms with E-state index in [0.29, 0.717) is 18.7 Å². The van der Waals surface area contributed by atoms with Gasteiger partial charge in [0.05, 0.1) is 5.75 Å². The lowest BCUT2D eigenvalue weighted by Gasteiger charge is -2.16. The summed E-state index contributed by atoms with van der Waals surface area (Å²) in [5.41, 5.74) is 1.73. The number of nitrogens with one attached hydrogen (secondary N) is 1. The molecular weight excluding hydrogens is 312 g/mol. The van der Waals surface area contributed by atoms with E-state index in [2.05, 4.69) is 4.72 Å². The zero-order valence-electron chi connectivity index (χ0n) is 11.7. The molecular formula is C14H19ClN2O3S. The number of amides is 1. The molecule has 0 bridgehead atoms. The molecule has 1 aromatic rings. The number of carbonyl (C=O) groups excluding carboxylic acids is 1. The van der Waals surface area contributed by atoms with Crippen LogP contribution in [-0.2, 0) is 21.4 Å². The Morgan fingerprint density at radius 3 is 2.52 bits per heavy atom. The fourth-order valence-corrected chi connectivity index (χ4v) is 3.57. The number of nitrogens with zero attached hydrogens (tertiary/aromatic N) is 1. The highest BCUT2D eigenvalue weighted by Gasteiger charge is 2.21. The number of alkyl halides is 1. The number of anilines is 1. The monoisotopic (exact) mass is 330 g/mol. The molecule has 1 N–H and O–H groups in total. The molecule has 7 heteroatoms. The third-order valence-electron chi connectivity index (χ3n) is 3.36. The normalized spacial score (nSPS) is 15.7. The van der Waals surface area contributed by atoms with Crippen molar-refractivity contribution >= 4 is 33.2 Å². The fraction of sp³-hybridized carbons (Fsp3) is 0.500. The van der Waals surface area contributed by atoms with E-state index in [1.807, 2.05) is 24.3 Å². The van der Waals surface area contributed by atoms with Gasteiger partial charge in [-0.3, -0.25) is 4.79 Å². The summed E-state index contributed by atoms with van der Waals surface area (Å²) in [6.45, 7) is 1.00. The highest BCUT2D eigenvalue weighted by molar-refractivity contribution is 7.89. The van der Waals surface area contributed by atoms with Gasteiger partial charge in [-0.1, -0.05) is 12.1 Å². The molecule has 1 heterocycles. The van der Waals surface area contributed by atoms with Crippen molar-refractivity contribution in [3.63, 3.8) is 0 Å². The van der Waals surface area contributed by atoms with E-state index in [1.54, 1.807) is 4.90 Å². The van der Waals surface area contributed by atoms with Gasteiger partial charge in [0.1, 0.15) is 0 Å². The van der Waals surface area contributed by atoms with Gasteiger partial charge in [-0.05, 0) is 30.5 Å². The predicted octanol–water partition coefficient (Wildman–Crippen LogP) is 1.86. The van der Waals surface area contributed by atoms with Gasteiger partial charge in [-0.15, -0.1) is 11.6 Å². The molecule has 0 spiro atoms. The quantitative estimate of drug-likeness (QED) is 0.776. The Labute approximate surface area is 130 Å². The van der Waals surface area contributed by atoms with Gasteiger partial charge in [-0.25, -0.2) is 13.1 Å². The maximum absolute atomic E-state index is 11.7. The van der Waals surface area contributed by atoms with Crippen LogP contribution in [0.5, 0.6) is 0 Å². The highest BCUT2D eigenvalue weighted by atomic mass is 35.5. The first-order valence-corrected chi connectivity index (χ1v) is 9.13. The molecule has 5 nitrogen and oxygen atoms in total. The molecule has 1 aliphatic rings. The van der Waals surface area contributed by atoms with Crippen LogP contribution >= 0.6 is 11.6 Å². The van der Waals surface area contributed by atoms with Gasteiger partial charge in [0, 0.05) is 31.1 Å². The molecule has 0 aromatic heterocycles. The van der Waals surface area contributed by atoms with Gasteiger partial charge < -0.3 is 4.90 Å². The zero-order chi connectivity index (χ0) is 15.3. The van der Waals surface area contributed by atoms with E-state index in [4.69, 9.17) is 11.6 Å². The van der Waals surface area contributed by atoms with Crippen LogP contribution in [-0.4, -0.2) is 32.5 Å². The Morgan fingerprint density at radius 2 is 1.95 bits per heavy atom. The molecule has 0 unspecified atom stereocenters. The van der Waals surface area contributed by atoms with Crippen LogP contribution in [0.25, 0.3) is 0 Å². The summed E-state index contributed by atoms with van der Waals surface area (Å²) in [6, 6.07) is 7.38. The first kappa shape index (κ1) is 16.3. The number of hydrogen-bond donors (Lipinski definition) is 1. The van der Waals surface area contributed by atoms with Crippen LogP contribution in [0.15, 0.2) is 24.3 Å². The number of benzene rings is 1. The topological polar surface area (TPSA) is 66.5 Å². The summed E-state index contributed by atoms with van der Waals surface area (Å²) in [6.07, 6.45) is 1.93. The minimum atomic E-state index is -3.28. The van der Waals surface area contributed by atoms with Gasteiger partial charge in [0.2, 0.25) is 15.9 Å². The Hall–Kier alpha value is -1.11. The van der Waals surface area contributed by atoms with E-state index in [0.717, 1.165) is 24.2 Å². The van der Waals surface area contributed by atoms with Crippen LogP contribution in [0.2, 0.25) is 0 Å². The maximum Gasteiger partial charge on any atom is 0.227 e. The lowest BCUT2D eigenvalue weighted by Crippen LogP contribution is -2.26. The minimum Gasteiger partial charge on any atom is -0.312 e. The number of halogens is 1. The molecule has 2 rings (SSSR count). The maximum atomic E-state index is 11.7. The van der Waals surface area contributed by atoms with Crippen molar-refractivity contribution in [3.05, 3.63) is 29.8 Å². The third-order valence-corrected chi connectivity index (χ3v) is 5.04. The second kappa shape index (κ2) is 7.24. The molecule has 0 atom stereocenters. The standard InChI is InChI=1S/C14H19ClN2O3S/c15-8-2-10-21(19,20)16-11-12-4-6-13(7-5-12)17-9-1-3-14(17)18/h4-7,16H,1-3,8-11H2. The molecule has 0 aliphatic carbocycles. The lowest BCUT2D eigenvalue weighted by molar-refractivity contribution is -0.117. The first-order chi connectivity index (χ1) is 10.0. The van der Waals surface area contributed by atoms with Crippen molar-refractivity contribution in [1.29, 1.82) is 0 Å². The summed E-state index contributed by atoms with van der Waals surface area (Å²) < 4.78 is 25.9. The second-order valence-electron chi connectivity index (χ2n) is 5.00. The Kier molecular flexibility index (Phi) is 5.61. The van der Waals surface area contributed by atoms with Gasteiger partial charge in [0.25, 0.3) is 0 Å². The van der Waals surface area contributed by atoms with E-state index in [1.165, 1.54) is 0 Å². The van der Waals surface area contributed by atoms with Crippen LogP contribution < -0.4 is 9.62 Å². The van der Waals surface area contributed by atoms with Gasteiger partial charge in [0.15, 0.2) is 0 Å². The molecule has 0 radical (unpaired) electrons. The van der Waals surface area contributed by atoms with Crippen LogP contribution in [0, 0.1) is 0 Å². The minimum absolute atomic E-state index is 0.0386. The number of rotatable bonds is 7. The van der Waals surface area contributed by atoms with E-state index in [-0.39, 0.29) is 18.2 Å². The van der Waals surface area contributed by atoms with Crippen molar-refractivity contribution < 1.29 is 13.2 Å². The van der Waals surface area contributed by atoms with Crippen molar-refractivity contribution in [2.75, 3.05) is 23.1 Å². The molecule has 1 aliphatic heterocycles. The number of hydrogen-bond acceptors (Lipinski definition) is 3. The second-order valence-corrected chi connectivity index (χ2v) is 7.30. The smallest absolute Gasteiger partial charge is 0.227 e. The van der Waals surface area contributed by atoms with Crippen molar-refractivity contribution in [3.8, 4) is 0 Å². The van der Waals surface area contributed by atoms with E-state index < -0.39 is 10.0 Å². The fourth-order valence-electron chi connectivity index (χ4n) is 2.22. The van der Waals surface area contributed by atoms with Crippen molar-refractivity contribution in [2.45, 2.75) is 25.8 Å². The molecule has 1 aromatic carbocycles. The molecule has 0 saturated carbocycles. The largest absolute Gasteiger partial charge is 0.312 e. The van der Waals surface area contributed by atoms with E-state index in [9.17, 15) is 13.2 Å². The van der Waals surface area contributed by atoms with Crippen molar-refractivity contribution in [2.24, 2.45) is 0 Å². The SMILES string of the molecule is O=C1CCCN1c1ccc(CNS(=O)(=O)CCCCl)cc1. The van der Waals surface area contributed by atoms with Crippen LogP contribution in [0.1, 0.15) is 24.8 Å². The summed E-state index contributed by atoms with van der Waals surface area (Å²) in [7, 11) is -3.28. The van der Waals surface area contributed by atoms with Gasteiger partial charge >= 0.3 is 0 Å². The molecule has 1 amide bonds. The highest BCUT2D eigenvalue weighted by Crippen LogP contribution is 2.21. The third kappa shape index (κ3) is 4.69. The first-order valence-electron chi connectivity index (χ1n) is 6.94. The average Bonchev–Trinajstić information content (AvgIpc) is 2.90.